The van der Waals surface area contributed by atoms with Crippen molar-refractivity contribution in [3.63, 3.8) is 0 Å². The molecule has 2 aromatic carbocycles. The first-order chi connectivity index (χ1) is 12.9. The maximum absolute atomic E-state index is 12.1. The number of rotatable bonds is 7. The van der Waals surface area contributed by atoms with E-state index in [0.29, 0.717) is 17.6 Å². The van der Waals surface area contributed by atoms with Crippen LogP contribution in [0.3, 0.4) is 0 Å². The van der Waals surface area contributed by atoms with Crippen LogP contribution in [0.2, 0.25) is 0 Å². The third kappa shape index (κ3) is 5.52. The Bertz CT molecular complexity index is 907. The van der Waals surface area contributed by atoms with Crippen molar-refractivity contribution >= 4 is 16.9 Å². The van der Waals surface area contributed by atoms with Crippen LogP contribution in [0.5, 0.6) is 0 Å². The lowest BCUT2D eigenvalue weighted by Gasteiger charge is -2.09. The van der Waals surface area contributed by atoms with Gasteiger partial charge in [0.2, 0.25) is 5.91 Å². The lowest BCUT2D eigenvalue weighted by Crippen LogP contribution is -2.27. The number of ether oxygens (including phenoxy) is 1. The number of carbonyl (C=O) groups is 1. The molecule has 142 valence electrons. The van der Waals surface area contributed by atoms with Crippen LogP contribution in [0.4, 0.5) is 13.2 Å². The van der Waals surface area contributed by atoms with Crippen molar-refractivity contribution in [2.45, 2.75) is 25.9 Å². The Kier molecular flexibility index (Phi) is 5.70. The number of hydrogen-bond donors (Lipinski definition) is 1. The largest absolute Gasteiger partial charge is 0.411 e. The highest BCUT2D eigenvalue weighted by Gasteiger charge is 2.27. The quantitative estimate of drug-likeness (QED) is 0.687. The van der Waals surface area contributed by atoms with Gasteiger partial charge in [-0.25, -0.2) is 4.68 Å². The van der Waals surface area contributed by atoms with Gasteiger partial charge < -0.3 is 10.1 Å². The molecule has 0 aliphatic carbocycles. The lowest BCUT2D eigenvalue weighted by atomic mass is 10.1. The number of aromatic nitrogens is 3. The fourth-order valence-corrected chi connectivity index (χ4v) is 2.46. The average Bonchev–Trinajstić information content (AvgIpc) is 3.03. The molecule has 0 aliphatic rings. The zero-order chi connectivity index (χ0) is 19.3. The minimum Gasteiger partial charge on any atom is -0.367 e. The number of alkyl halides is 3. The zero-order valence-corrected chi connectivity index (χ0v) is 14.2. The number of nitrogens with zero attached hydrogens (tertiary/aromatic N) is 3. The fraction of sp³-hybridized carbons (Fsp3) is 0.278. The predicted octanol–water partition coefficient (Wildman–Crippen LogP) is 2.83. The van der Waals surface area contributed by atoms with Gasteiger partial charge >= 0.3 is 6.18 Å². The Balaban J connectivity index is 1.47. The van der Waals surface area contributed by atoms with Gasteiger partial charge in [-0.3, -0.25) is 4.79 Å². The van der Waals surface area contributed by atoms with Crippen LogP contribution < -0.4 is 5.32 Å². The summed E-state index contributed by atoms with van der Waals surface area (Å²) >= 11 is 0. The summed E-state index contributed by atoms with van der Waals surface area (Å²) in [6, 6.07) is 14.2. The number of fused-ring (bicyclic) bond motifs is 1. The molecule has 6 nitrogen and oxygen atoms in total. The number of para-hydroxylation sites is 1. The Hall–Kier alpha value is -2.94. The van der Waals surface area contributed by atoms with Gasteiger partial charge in [0.15, 0.2) is 0 Å². The molecule has 0 saturated heterocycles. The van der Waals surface area contributed by atoms with E-state index in [1.807, 2.05) is 24.3 Å². The first kappa shape index (κ1) is 18.8. The van der Waals surface area contributed by atoms with Crippen LogP contribution in [0.25, 0.3) is 11.0 Å². The van der Waals surface area contributed by atoms with Crippen molar-refractivity contribution in [2.24, 2.45) is 0 Å². The highest BCUT2D eigenvalue weighted by Crippen LogP contribution is 2.16. The van der Waals surface area contributed by atoms with E-state index in [1.54, 1.807) is 24.3 Å². The fourth-order valence-electron chi connectivity index (χ4n) is 2.46. The molecule has 0 bridgehead atoms. The Morgan fingerprint density at radius 3 is 2.52 bits per heavy atom. The van der Waals surface area contributed by atoms with Gasteiger partial charge in [0.25, 0.3) is 0 Å². The molecular weight excluding hydrogens is 361 g/mol. The molecule has 0 spiro atoms. The van der Waals surface area contributed by atoms with Crippen LogP contribution >= 0.6 is 0 Å². The standard InChI is InChI=1S/C18H17F3N4O2/c19-18(20,21)12-27-11-14-7-5-13(6-8-14)9-22-17(26)10-25-16-4-2-1-3-15(16)23-24-25/h1-8H,9-12H2,(H,22,26). The van der Waals surface area contributed by atoms with E-state index in [2.05, 4.69) is 20.4 Å². The number of nitrogens with one attached hydrogen (secondary N) is 1. The first-order valence-electron chi connectivity index (χ1n) is 8.18. The van der Waals surface area contributed by atoms with Crippen molar-refractivity contribution in [1.29, 1.82) is 0 Å². The van der Waals surface area contributed by atoms with Gasteiger partial charge in [0.1, 0.15) is 18.7 Å². The number of amides is 1. The highest BCUT2D eigenvalue weighted by molar-refractivity contribution is 5.79. The second kappa shape index (κ2) is 8.17. The molecule has 3 rings (SSSR count). The van der Waals surface area contributed by atoms with Crippen molar-refractivity contribution in [1.82, 2.24) is 20.3 Å². The van der Waals surface area contributed by atoms with Crippen LogP contribution in [-0.2, 0) is 29.2 Å². The second-order valence-electron chi connectivity index (χ2n) is 5.94. The molecular formula is C18H17F3N4O2. The molecule has 0 saturated carbocycles. The van der Waals surface area contributed by atoms with E-state index in [-0.39, 0.29) is 19.1 Å². The van der Waals surface area contributed by atoms with Crippen LogP contribution in [0, 0.1) is 0 Å². The summed E-state index contributed by atoms with van der Waals surface area (Å²) < 4.78 is 42.3. The lowest BCUT2D eigenvalue weighted by molar-refractivity contribution is -0.176. The van der Waals surface area contributed by atoms with E-state index in [9.17, 15) is 18.0 Å². The van der Waals surface area contributed by atoms with Crippen molar-refractivity contribution in [2.75, 3.05) is 6.61 Å². The summed E-state index contributed by atoms with van der Waals surface area (Å²) in [7, 11) is 0. The first-order valence-corrected chi connectivity index (χ1v) is 8.18. The summed E-state index contributed by atoms with van der Waals surface area (Å²) in [6.07, 6.45) is -4.33. The number of carbonyl (C=O) groups excluding carboxylic acids is 1. The molecule has 9 heteroatoms. The van der Waals surface area contributed by atoms with Gasteiger partial charge in [-0.1, -0.05) is 41.6 Å². The normalized spacial score (nSPS) is 11.7. The van der Waals surface area contributed by atoms with E-state index < -0.39 is 12.8 Å². The third-order valence-electron chi connectivity index (χ3n) is 3.76. The molecule has 0 atom stereocenters. The summed E-state index contributed by atoms with van der Waals surface area (Å²) in [5.74, 6) is -0.219. The smallest absolute Gasteiger partial charge is 0.367 e. The molecule has 1 N–H and O–H groups in total. The molecule has 27 heavy (non-hydrogen) atoms. The number of hydrogen-bond acceptors (Lipinski definition) is 4. The average molecular weight is 378 g/mol. The van der Waals surface area contributed by atoms with Gasteiger partial charge in [-0.15, -0.1) is 5.10 Å². The maximum Gasteiger partial charge on any atom is 0.411 e. The van der Waals surface area contributed by atoms with Crippen molar-refractivity contribution in [3.05, 3.63) is 59.7 Å². The Morgan fingerprint density at radius 1 is 1.07 bits per heavy atom. The summed E-state index contributed by atoms with van der Waals surface area (Å²) in [5, 5.41) is 10.7. The van der Waals surface area contributed by atoms with E-state index in [0.717, 1.165) is 11.1 Å². The number of halogens is 3. The maximum atomic E-state index is 12.1. The predicted molar refractivity (Wildman–Crippen MR) is 91.5 cm³/mol. The molecule has 1 amide bonds. The van der Waals surface area contributed by atoms with Gasteiger partial charge in [0.05, 0.1) is 12.1 Å². The van der Waals surface area contributed by atoms with Crippen LogP contribution in [0.15, 0.2) is 48.5 Å². The molecule has 1 aromatic heterocycles. The van der Waals surface area contributed by atoms with Crippen LogP contribution in [0.1, 0.15) is 11.1 Å². The van der Waals surface area contributed by atoms with Crippen molar-refractivity contribution < 1.29 is 22.7 Å². The summed E-state index contributed by atoms with van der Waals surface area (Å²) in [4.78, 5) is 12.1. The SMILES string of the molecule is O=C(Cn1nnc2ccccc21)NCc1ccc(COCC(F)(F)F)cc1. The monoisotopic (exact) mass is 378 g/mol. The Labute approximate surface area is 152 Å². The van der Waals surface area contributed by atoms with Gasteiger partial charge in [0, 0.05) is 6.54 Å². The number of benzene rings is 2. The zero-order valence-electron chi connectivity index (χ0n) is 14.2. The molecule has 0 radical (unpaired) electrons. The van der Waals surface area contributed by atoms with Crippen LogP contribution in [-0.4, -0.2) is 33.7 Å². The molecule has 0 aliphatic heterocycles. The van der Waals surface area contributed by atoms with Crippen molar-refractivity contribution in [3.8, 4) is 0 Å². The van der Waals surface area contributed by atoms with E-state index in [4.69, 9.17) is 0 Å². The molecule has 0 fully saturated rings. The highest BCUT2D eigenvalue weighted by atomic mass is 19.4. The Morgan fingerprint density at radius 2 is 1.78 bits per heavy atom. The summed E-state index contributed by atoms with van der Waals surface area (Å²) in [5.41, 5.74) is 2.94. The molecule has 0 unspecified atom stereocenters. The molecule has 1 heterocycles. The van der Waals surface area contributed by atoms with Gasteiger partial charge in [-0.05, 0) is 23.3 Å². The topological polar surface area (TPSA) is 69.0 Å². The summed E-state index contributed by atoms with van der Waals surface area (Å²) in [6.45, 7) is -1.05. The second-order valence-corrected chi connectivity index (χ2v) is 5.94. The minimum atomic E-state index is -4.33. The minimum absolute atomic E-state index is 0.0455. The molecule has 3 aromatic rings. The van der Waals surface area contributed by atoms with E-state index >= 15 is 0 Å². The third-order valence-corrected chi connectivity index (χ3v) is 3.76. The van der Waals surface area contributed by atoms with Gasteiger partial charge in [-0.2, -0.15) is 13.2 Å². The van der Waals surface area contributed by atoms with E-state index in [1.165, 1.54) is 4.68 Å².